The van der Waals surface area contributed by atoms with Crippen LogP contribution in [0.4, 0.5) is 0 Å². The number of halogens is 1. The predicted molar refractivity (Wildman–Crippen MR) is 82.3 cm³/mol. The third-order valence-corrected chi connectivity index (χ3v) is 4.84. The third-order valence-electron chi connectivity index (χ3n) is 4.31. The van der Waals surface area contributed by atoms with Gasteiger partial charge in [-0.3, -0.25) is 4.79 Å². The summed E-state index contributed by atoms with van der Waals surface area (Å²) in [5.74, 6) is 1.02. The van der Waals surface area contributed by atoms with Crippen LogP contribution >= 0.6 is 15.9 Å². The van der Waals surface area contributed by atoms with Gasteiger partial charge in [-0.1, -0.05) is 52.4 Å². The molecule has 0 spiro atoms. The summed E-state index contributed by atoms with van der Waals surface area (Å²) in [7, 11) is 1.48. The summed E-state index contributed by atoms with van der Waals surface area (Å²) >= 11 is 3.45. The molecule has 0 N–H and O–H groups in total. The van der Waals surface area contributed by atoms with Gasteiger partial charge in [-0.25, -0.2) is 0 Å². The number of hydrogen-bond donors (Lipinski definition) is 0. The van der Waals surface area contributed by atoms with Gasteiger partial charge in [0.1, 0.15) is 0 Å². The second-order valence-electron chi connectivity index (χ2n) is 5.42. The minimum atomic E-state index is -0.0779. The number of benzene rings is 1. The number of allylic oxidation sites excluding steroid dienone is 4. The lowest BCUT2D eigenvalue weighted by Crippen LogP contribution is -2.09. The number of hydrogen-bond acceptors (Lipinski definition) is 2. The maximum atomic E-state index is 12.0. The van der Waals surface area contributed by atoms with Crippen LogP contribution in [0.3, 0.4) is 0 Å². The van der Waals surface area contributed by atoms with Crippen LogP contribution < -0.4 is 0 Å². The van der Waals surface area contributed by atoms with Gasteiger partial charge < -0.3 is 4.74 Å². The van der Waals surface area contributed by atoms with Crippen LogP contribution in [-0.4, -0.2) is 13.1 Å². The van der Waals surface area contributed by atoms with E-state index in [0.717, 1.165) is 10.9 Å². The van der Waals surface area contributed by atoms with Crippen LogP contribution in [-0.2, 0) is 9.53 Å². The molecular weight excluding hydrogens is 316 g/mol. The Balaban J connectivity index is 1.84. The molecule has 1 unspecified atom stereocenters. The average Bonchev–Trinajstić information content (AvgIpc) is 3.23. The van der Waals surface area contributed by atoms with Crippen molar-refractivity contribution in [3.05, 3.63) is 58.6 Å². The van der Waals surface area contributed by atoms with Crippen LogP contribution in [0.15, 0.2) is 53.0 Å². The second-order valence-corrected chi connectivity index (χ2v) is 6.33. The smallest absolute Gasteiger partial charge is 0.309 e. The minimum Gasteiger partial charge on any atom is -0.469 e. The lowest BCUT2D eigenvalue weighted by Gasteiger charge is -2.12. The van der Waals surface area contributed by atoms with Crippen molar-refractivity contribution in [3.63, 3.8) is 0 Å². The Hall–Kier alpha value is -1.35. The normalized spacial score (nSPS) is 31.1. The molecular formula is C17H17BrO2. The summed E-state index contributed by atoms with van der Waals surface area (Å²) < 4.78 is 6.04. The number of carbonyl (C=O) groups excluding carboxylic acids is 1. The van der Waals surface area contributed by atoms with E-state index >= 15 is 0 Å². The van der Waals surface area contributed by atoms with E-state index in [1.165, 1.54) is 12.7 Å². The standard InChI is InChI=1S/C17H17BrO2/c1-20-17(19)16-14(11-5-3-2-4-6-11)15(16)12-7-9-13(18)10-8-12/h2-5,7-11,14-16H,6H2,1H3/t11?,14-,15-,16-/m1/s1. The first-order valence-corrected chi connectivity index (χ1v) is 7.68. The Bertz CT molecular complexity index is 559. The van der Waals surface area contributed by atoms with E-state index in [1.54, 1.807) is 0 Å². The zero-order valence-electron chi connectivity index (χ0n) is 11.3. The molecule has 3 heteroatoms. The van der Waals surface area contributed by atoms with Crippen LogP contribution in [0.25, 0.3) is 0 Å². The minimum absolute atomic E-state index is 0.00215. The molecule has 0 aliphatic heterocycles. The predicted octanol–water partition coefficient (Wildman–Crippen LogP) is 4.08. The maximum absolute atomic E-state index is 12.0. The van der Waals surface area contributed by atoms with Crippen LogP contribution in [0.1, 0.15) is 17.9 Å². The van der Waals surface area contributed by atoms with E-state index in [4.69, 9.17) is 4.74 Å². The second kappa shape index (κ2) is 5.57. The molecule has 2 nitrogen and oxygen atoms in total. The molecule has 0 amide bonds. The highest BCUT2D eigenvalue weighted by atomic mass is 79.9. The zero-order valence-corrected chi connectivity index (χ0v) is 12.9. The van der Waals surface area contributed by atoms with Gasteiger partial charge in [-0.15, -0.1) is 0 Å². The number of carbonyl (C=O) groups is 1. The van der Waals surface area contributed by atoms with Gasteiger partial charge in [0, 0.05) is 10.4 Å². The van der Waals surface area contributed by atoms with Crippen molar-refractivity contribution in [1.29, 1.82) is 0 Å². The first kappa shape index (κ1) is 13.6. The van der Waals surface area contributed by atoms with E-state index in [0.29, 0.717) is 11.8 Å². The summed E-state index contributed by atoms with van der Waals surface area (Å²) in [5, 5.41) is 0. The largest absolute Gasteiger partial charge is 0.469 e. The molecule has 1 saturated carbocycles. The molecule has 0 aromatic heterocycles. The van der Waals surface area contributed by atoms with Crippen molar-refractivity contribution < 1.29 is 9.53 Å². The Morgan fingerprint density at radius 1 is 1.25 bits per heavy atom. The van der Waals surface area contributed by atoms with E-state index in [2.05, 4.69) is 52.4 Å². The molecule has 1 aromatic rings. The van der Waals surface area contributed by atoms with Crippen molar-refractivity contribution in [2.45, 2.75) is 12.3 Å². The molecule has 4 atom stereocenters. The van der Waals surface area contributed by atoms with Crippen molar-refractivity contribution in [3.8, 4) is 0 Å². The molecule has 2 aliphatic rings. The molecule has 0 saturated heterocycles. The highest BCUT2D eigenvalue weighted by Crippen LogP contribution is 2.59. The maximum Gasteiger partial charge on any atom is 0.309 e. The van der Waals surface area contributed by atoms with Gasteiger partial charge in [0.05, 0.1) is 13.0 Å². The van der Waals surface area contributed by atoms with E-state index in [1.807, 2.05) is 12.1 Å². The Morgan fingerprint density at radius 3 is 2.60 bits per heavy atom. The van der Waals surface area contributed by atoms with Crippen LogP contribution in [0.5, 0.6) is 0 Å². The molecule has 1 fully saturated rings. The fourth-order valence-electron chi connectivity index (χ4n) is 3.31. The SMILES string of the molecule is COC(=O)[C@H]1[C@H](c2ccc(Br)cc2)[C@H]1C1C=CC=CC1. The van der Waals surface area contributed by atoms with Gasteiger partial charge in [0.15, 0.2) is 0 Å². The molecule has 1 aromatic carbocycles. The summed E-state index contributed by atoms with van der Waals surface area (Å²) in [6, 6.07) is 8.28. The van der Waals surface area contributed by atoms with Crippen molar-refractivity contribution >= 4 is 21.9 Å². The Labute approximate surface area is 127 Å². The molecule has 0 heterocycles. The van der Waals surface area contributed by atoms with Crippen molar-refractivity contribution in [2.75, 3.05) is 7.11 Å². The number of esters is 1. The Morgan fingerprint density at radius 2 is 2.00 bits per heavy atom. The number of ether oxygens (including phenoxy) is 1. The zero-order chi connectivity index (χ0) is 14.1. The van der Waals surface area contributed by atoms with Gasteiger partial charge in [0.25, 0.3) is 0 Å². The van der Waals surface area contributed by atoms with Gasteiger partial charge in [-0.2, -0.15) is 0 Å². The molecule has 2 aliphatic carbocycles. The average molecular weight is 333 g/mol. The van der Waals surface area contributed by atoms with Gasteiger partial charge in [-0.05, 0) is 36.0 Å². The summed E-state index contributed by atoms with van der Waals surface area (Å²) in [4.78, 5) is 12.0. The molecule has 0 bridgehead atoms. The Kier molecular flexibility index (Phi) is 3.79. The fraction of sp³-hybridized carbons (Fsp3) is 0.353. The highest BCUT2D eigenvalue weighted by molar-refractivity contribution is 9.10. The van der Waals surface area contributed by atoms with E-state index in [-0.39, 0.29) is 17.8 Å². The summed E-state index contributed by atoms with van der Waals surface area (Å²) in [6.07, 6.45) is 9.57. The van der Waals surface area contributed by atoms with E-state index in [9.17, 15) is 4.79 Å². The molecule has 20 heavy (non-hydrogen) atoms. The molecule has 0 radical (unpaired) electrons. The van der Waals surface area contributed by atoms with Crippen LogP contribution in [0.2, 0.25) is 0 Å². The van der Waals surface area contributed by atoms with Gasteiger partial charge >= 0.3 is 5.97 Å². The van der Waals surface area contributed by atoms with Gasteiger partial charge in [0.2, 0.25) is 0 Å². The monoisotopic (exact) mass is 332 g/mol. The number of rotatable bonds is 3. The van der Waals surface area contributed by atoms with Crippen molar-refractivity contribution in [2.24, 2.45) is 17.8 Å². The first-order chi connectivity index (χ1) is 9.72. The first-order valence-electron chi connectivity index (χ1n) is 6.89. The fourth-order valence-corrected chi connectivity index (χ4v) is 3.57. The topological polar surface area (TPSA) is 26.3 Å². The third kappa shape index (κ3) is 2.47. The quantitative estimate of drug-likeness (QED) is 0.779. The molecule has 104 valence electrons. The summed E-state index contributed by atoms with van der Waals surface area (Å²) in [5.41, 5.74) is 1.23. The molecule has 3 rings (SSSR count). The lowest BCUT2D eigenvalue weighted by atomic mass is 9.92. The van der Waals surface area contributed by atoms with Crippen LogP contribution in [0, 0.1) is 17.8 Å². The van der Waals surface area contributed by atoms with Crippen molar-refractivity contribution in [1.82, 2.24) is 0 Å². The highest BCUT2D eigenvalue weighted by Gasteiger charge is 2.58. The summed E-state index contributed by atoms with van der Waals surface area (Å²) in [6.45, 7) is 0. The van der Waals surface area contributed by atoms with E-state index < -0.39 is 0 Å². The number of methoxy groups -OCH3 is 1. The lowest BCUT2D eigenvalue weighted by molar-refractivity contribution is -0.142.